The van der Waals surface area contributed by atoms with Crippen molar-refractivity contribution in [1.82, 2.24) is 20.1 Å². The lowest BCUT2D eigenvalue weighted by atomic mass is 9.98. The van der Waals surface area contributed by atoms with Crippen molar-refractivity contribution in [2.75, 3.05) is 18.4 Å². The Kier molecular flexibility index (Phi) is 5.83. The molecule has 1 aliphatic rings. The number of hydrogen-bond donors (Lipinski definition) is 2. The van der Waals surface area contributed by atoms with Crippen molar-refractivity contribution in [2.24, 2.45) is 0 Å². The summed E-state index contributed by atoms with van der Waals surface area (Å²) in [7, 11) is 3.33. The van der Waals surface area contributed by atoms with Crippen molar-refractivity contribution >= 4 is 46.3 Å². The predicted octanol–water partition coefficient (Wildman–Crippen LogP) is 6.65. The Bertz CT molecular complexity index is 2010. The third kappa shape index (κ3) is 3.97. The monoisotopic (exact) mass is 567 g/mol. The topological polar surface area (TPSA) is 76.2 Å². The minimum absolute atomic E-state index is 0.267. The number of carbonyl (C=O) groups excluding carboxylic acids is 1. The molecule has 7 rings (SSSR count). The maximum atomic E-state index is 14.6. The van der Waals surface area contributed by atoms with E-state index in [0.717, 1.165) is 22.5 Å². The lowest BCUT2D eigenvalue weighted by molar-refractivity contribution is 0.0964. The van der Waals surface area contributed by atoms with E-state index in [0.29, 0.717) is 63.2 Å². The summed E-state index contributed by atoms with van der Waals surface area (Å²) in [6, 6.07) is 18.3. The molecule has 0 spiro atoms. The molecule has 0 fully saturated rings. The summed E-state index contributed by atoms with van der Waals surface area (Å²) in [6.45, 7) is 0.677. The molecule has 1 amide bonds. The maximum Gasteiger partial charge on any atom is 0.255 e. The second kappa shape index (κ2) is 9.45. The van der Waals surface area contributed by atoms with Crippen molar-refractivity contribution < 1.29 is 18.0 Å². The fourth-order valence-corrected chi connectivity index (χ4v) is 5.81. The summed E-state index contributed by atoms with van der Waals surface area (Å²) in [4.78, 5) is 13.1. The third-order valence-electron chi connectivity index (χ3n) is 7.60. The van der Waals surface area contributed by atoms with Gasteiger partial charge in [-0.1, -0.05) is 18.9 Å². The molecule has 3 aromatic carbocycles. The van der Waals surface area contributed by atoms with Gasteiger partial charge in [-0.3, -0.25) is 4.79 Å². The van der Waals surface area contributed by atoms with Gasteiger partial charge in [0.05, 0.1) is 33.8 Å². The van der Waals surface area contributed by atoms with Crippen molar-refractivity contribution in [3.63, 3.8) is 0 Å². The Morgan fingerprint density at radius 2 is 1.83 bits per heavy atom. The predicted molar refractivity (Wildman–Crippen MR) is 158 cm³/mol. The Labute approximate surface area is 238 Å². The van der Waals surface area contributed by atoms with Gasteiger partial charge < -0.3 is 18.6 Å². The molecule has 0 radical (unpaired) electrons. The SMILES string of the molecule is CNC(=O)c1c(-c2ccc(F)cc2)oc2cc(N(C)S)c(-c3cc4c(nn3)CCn3c-4cc4c(F)cccc43)cc12. The molecular formula is C31H23F2N5O2S. The van der Waals surface area contributed by atoms with Gasteiger partial charge in [0.1, 0.15) is 23.0 Å². The average Bonchev–Trinajstić information content (AvgIpc) is 3.55. The lowest BCUT2D eigenvalue weighted by Crippen LogP contribution is -2.18. The van der Waals surface area contributed by atoms with Crippen LogP contribution in [0.1, 0.15) is 16.1 Å². The van der Waals surface area contributed by atoms with Crippen molar-refractivity contribution in [3.05, 3.63) is 89.6 Å². The van der Waals surface area contributed by atoms with Gasteiger partial charge in [0.25, 0.3) is 5.91 Å². The van der Waals surface area contributed by atoms with Crippen LogP contribution in [0.25, 0.3) is 55.7 Å². The minimum Gasteiger partial charge on any atom is -0.455 e. The van der Waals surface area contributed by atoms with E-state index in [1.807, 2.05) is 24.3 Å². The number of thiol groups is 1. The molecule has 10 heteroatoms. The number of furan rings is 1. The van der Waals surface area contributed by atoms with Crippen LogP contribution in [0.2, 0.25) is 0 Å². The molecule has 7 nitrogen and oxygen atoms in total. The van der Waals surface area contributed by atoms with Gasteiger partial charge in [0, 0.05) is 60.6 Å². The van der Waals surface area contributed by atoms with Gasteiger partial charge in [-0.25, -0.2) is 8.78 Å². The molecule has 0 saturated carbocycles. The number of anilines is 1. The van der Waals surface area contributed by atoms with Gasteiger partial charge in [-0.05, 0) is 54.6 Å². The van der Waals surface area contributed by atoms with Crippen LogP contribution in [0.15, 0.2) is 71.1 Å². The molecule has 0 bridgehead atoms. The first-order chi connectivity index (χ1) is 19.8. The second-order valence-corrected chi connectivity index (χ2v) is 10.6. The highest BCUT2D eigenvalue weighted by atomic mass is 32.1. The highest BCUT2D eigenvalue weighted by molar-refractivity contribution is 7.81. The van der Waals surface area contributed by atoms with E-state index in [4.69, 9.17) is 4.42 Å². The average molecular weight is 568 g/mol. The van der Waals surface area contributed by atoms with Crippen molar-refractivity contribution in [3.8, 4) is 33.8 Å². The first-order valence-electron chi connectivity index (χ1n) is 13.0. The summed E-state index contributed by atoms with van der Waals surface area (Å²) in [5.74, 6) is -0.673. The van der Waals surface area contributed by atoms with Gasteiger partial charge in [0.2, 0.25) is 0 Å². The van der Waals surface area contributed by atoms with Gasteiger partial charge in [0.15, 0.2) is 0 Å². The number of nitrogens with one attached hydrogen (secondary N) is 1. The third-order valence-corrected chi connectivity index (χ3v) is 7.82. The van der Waals surface area contributed by atoms with Crippen molar-refractivity contribution in [2.45, 2.75) is 13.0 Å². The zero-order valence-electron chi connectivity index (χ0n) is 22.1. The number of amides is 1. The molecule has 3 aromatic heterocycles. The largest absolute Gasteiger partial charge is 0.455 e. The van der Waals surface area contributed by atoms with E-state index in [1.54, 1.807) is 42.7 Å². The highest BCUT2D eigenvalue weighted by Gasteiger charge is 2.26. The van der Waals surface area contributed by atoms with E-state index < -0.39 is 0 Å². The number of benzene rings is 3. The summed E-state index contributed by atoms with van der Waals surface area (Å²) in [5.41, 5.74) is 6.69. The Hall–Kier alpha value is -4.70. The van der Waals surface area contributed by atoms with Crippen LogP contribution in [0.3, 0.4) is 0 Å². The number of hydrogen-bond acceptors (Lipinski definition) is 6. The van der Waals surface area contributed by atoms with E-state index in [2.05, 4.69) is 32.9 Å². The van der Waals surface area contributed by atoms with Crippen molar-refractivity contribution in [1.29, 1.82) is 0 Å². The number of aryl methyl sites for hydroxylation is 2. The molecule has 0 atom stereocenters. The first-order valence-corrected chi connectivity index (χ1v) is 13.4. The van der Waals surface area contributed by atoms with Crippen LogP contribution in [0.5, 0.6) is 0 Å². The minimum atomic E-state index is -0.389. The van der Waals surface area contributed by atoms with Crippen LogP contribution in [0.4, 0.5) is 14.5 Å². The molecule has 41 heavy (non-hydrogen) atoms. The summed E-state index contributed by atoms with van der Waals surface area (Å²) >= 11 is 4.57. The molecule has 4 heterocycles. The van der Waals surface area contributed by atoms with E-state index >= 15 is 0 Å². The first kappa shape index (κ1) is 25.3. The second-order valence-electron chi connectivity index (χ2n) is 9.98. The zero-order valence-corrected chi connectivity index (χ0v) is 23.0. The highest BCUT2D eigenvalue weighted by Crippen LogP contribution is 2.42. The lowest BCUT2D eigenvalue weighted by Gasteiger charge is -2.21. The molecule has 1 aliphatic heterocycles. The number of fused-ring (bicyclic) bond motifs is 6. The van der Waals surface area contributed by atoms with E-state index in [9.17, 15) is 13.6 Å². The maximum absolute atomic E-state index is 14.6. The number of nitrogens with zero attached hydrogens (tertiary/aromatic N) is 4. The number of rotatable bonds is 4. The number of halogens is 2. The van der Waals surface area contributed by atoms with Crippen LogP contribution < -0.4 is 9.62 Å². The van der Waals surface area contributed by atoms with E-state index in [-0.39, 0.29) is 17.5 Å². The molecule has 1 N–H and O–H groups in total. The van der Waals surface area contributed by atoms with E-state index in [1.165, 1.54) is 18.2 Å². The fraction of sp³-hybridized carbons (Fsp3) is 0.129. The quantitative estimate of drug-likeness (QED) is 0.233. The standard InChI is InChI=1S/C31H23F2N5O2S/c1-34-31(39)29-21-12-19(26(37(2)41)15-28(21)40-30(29)16-6-8-17(32)9-7-16)24-13-20-23(35-36-24)10-11-38-25-5-3-4-22(33)18(25)14-27(20)38/h3-9,12-15,41H,10-11H2,1-2H3,(H,34,39). The van der Waals surface area contributed by atoms with Gasteiger partial charge in [-0.2, -0.15) is 10.2 Å². The van der Waals surface area contributed by atoms with Gasteiger partial charge in [-0.15, -0.1) is 0 Å². The van der Waals surface area contributed by atoms with Crippen LogP contribution >= 0.6 is 12.8 Å². The summed E-state index contributed by atoms with van der Waals surface area (Å²) in [5, 5.41) is 12.9. The Balaban J connectivity index is 1.45. The molecule has 0 aliphatic carbocycles. The fourth-order valence-electron chi connectivity index (χ4n) is 5.65. The molecule has 6 aromatic rings. The molecule has 204 valence electrons. The summed E-state index contributed by atoms with van der Waals surface area (Å²) < 4.78 is 38.2. The number of aromatic nitrogens is 3. The normalized spacial score (nSPS) is 12.4. The van der Waals surface area contributed by atoms with Crippen LogP contribution in [-0.2, 0) is 13.0 Å². The van der Waals surface area contributed by atoms with Crippen LogP contribution in [0, 0.1) is 11.6 Å². The smallest absolute Gasteiger partial charge is 0.255 e. The summed E-state index contributed by atoms with van der Waals surface area (Å²) in [6.07, 6.45) is 0.665. The number of carbonyl (C=O) groups is 1. The molecule has 0 unspecified atom stereocenters. The Morgan fingerprint density at radius 1 is 1.02 bits per heavy atom. The molecule has 0 saturated heterocycles. The van der Waals surface area contributed by atoms with Gasteiger partial charge >= 0.3 is 0 Å². The van der Waals surface area contributed by atoms with Crippen LogP contribution in [-0.4, -0.2) is 34.8 Å². The Morgan fingerprint density at radius 3 is 2.59 bits per heavy atom. The molecular weight excluding hydrogens is 544 g/mol. The zero-order chi connectivity index (χ0) is 28.4.